The van der Waals surface area contributed by atoms with Crippen molar-refractivity contribution in [3.63, 3.8) is 0 Å². The van der Waals surface area contributed by atoms with Crippen molar-refractivity contribution < 1.29 is 13.5 Å². The van der Waals surface area contributed by atoms with Crippen LogP contribution in [0.5, 0.6) is 0 Å². The van der Waals surface area contributed by atoms with E-state index >= 15 is 0 Å². The summed E-state index contributed by atoms with van der Waals surface area (Å²) in [6, 6.07) is 3.64. The lowest BCUT2D eigenvalue weighted by molar-refractivity contribution is 0.0628. The highest BCUT2D eigenvalue weighted by Crippen LogP contribution is 2.26. The largest absolute Gasteiger partial charge is 0.372 e. The lowest BCUT2D eigenvalue weighted by Gasteiger charge is -2.27. The number of hydrogen-bond acceptors (Lipinski definition) is 2. The zero-order valence-electron chi connectivity index (χ0n) is 10.8. The third-order valence-electron chi connectivity index (χ3n) is 3.78. The van der Waals surface area contributed by atoms with Crippen LogP contribution >= 0.6 is 0 Å². The second-order valence-corrected chi connectivity index (χ2v) is 5.07. The smallest absolute Gasteiger partial charge is 0.131 e. The van der Waals surface area contributed by atoms with E-state index in [2.05, 4.69) is 19.2 Å². The number of ether oxygens (including phenoxy) is 1. The molecule has 2 rings (SSSR count). The van der Waals surface area contributed by atoms with Gasteiger partial charge in [0.15, 0.2) is 0 Å². The van der Waals surface area contributed by atoms with Gasteiger partial charge < -0.3 is 10.1 Å². The molecule has 1 N–H and O–H groups in total. The minimum absolute atomic E-state index is 0.0330. The summed E-state index contributed by atoms with van der Waals surface area (Å²) in [4.78, 5) is 0. The first kappa shape index (κ1) is 13.4. The molecule has 1 aliphatic rings. The SMILES string of the molecule is CCC1(C)CCOC(c2ccc(F)cc2F)CN1. The second-order valence-electron chi connectivity index (χ2n) is 5.07. The molecule has 18 heavy (non-hydrogen) atoms. The van der Waals surface area contributed by atoms with E-state index in [1.165, 1.54) is 12.1 Å². The molecular formula is C14H19F2NO. The topological polar surface area (TPSA) is 21.3 Å². The second kappa shape index (κ2) is 5.33. The summed E-state index contributed by atoms with van der Waals surface area (Å²) in [5.74, 6) is -1.10. The van der Waals surface area contributed by atoms with Gasteiger partial charge in [-0.15, -0.1) is 0 Å². The van der Waals surface area contributed by atoms with Crippen LogP contribution in [-0.2, 0) is 4.74 Å². The predicted molar refractivity (Wildman–Crippen MR) is 66.4 cm³/mol. The highest BCUT2D eigenvalue weighted by molar-refractivity contribution is 5.21. The molecule has 1 aliphatic heterocycles. The summed E-state index contributed by atoms with van der Waals surface area (Å²) in [6.07, 6.45) is 1.54. The molecule has 2 unspecified atom stereocenters. The Morgan fingerprint density at radius 2 is 2.22 bits per heavy atom. The molecule has 0 radical (unpaired) electrons. The van der Waals surface area contributed by atoms with Gasteiger partial charge in [-0.3, -0.25) is 0 Å². The predicted octanol–water partition coefficient (Wildman–Crippen LogP) is 3.18. The number of hydrogen-bond donors (Lipinski definition) is 1. The average molecular weight is 255 g/mol. The molecule has 4 heteroatoms. The molecule has 1 heterocycles. The molecule has 100 valence electrons. The van der Waals surface area contributed by atoms with Crippen molar-refractivity contribution in [3.8, 4) is 0 Å². The van der Waals surface area contributed by atoms with Crippen LogP contribution in [0.25, 0.3) is 0 Å². The van der Waals surface area contributed by atoms with E-state index in [4.69, 9.17) is 4.74 Å². The van der Waals surface area contributed by atoms with Gasteiger partial charge in [-0.05, 0) is 25.8 Å². The van der Waals surface area contributed by atoms with Crippen molar-refractivity contribution >= 4 is 0 Å². The van der Waals surface area contributed by atoms with Gasteiger partial charge in [0.05, 0.1) is 6.10 Å². The maximum Gasteiger partial charge on any atom is 0.131 e. The number of nitrogens with one attached hydrogen (secondary N) is 1. The van der Waals surface area contributed by atoms with Crippen molar-refractivity contribution in [2.24, 2.45) is 0 Å². The molecule has 1 fully saturated rings. The van der Waals surface area contributed by atoms with Gasteiger partial charge in [0.1, 0.15) is 11.6 Å². The van der Waals surface area contributed by atoms with Gasteiger partial charge in [-0.2, -0.15) is 0 Å². The van der Waals surface area contributed by atoms with E-state index < -0.39 is 11.6 Å². The Morgan fingerprint density at radius 3 is 2.89 bits per heavy atom. The molecule has 0 spiro atoms. The molecule has 0 amide bonds. The molecule has 0 bridgehead atoms. The van der Waals surface area contributed by atoms with Gasteiger partial charge in [0.25, 0.3) is 0 Å². The van der Waals surface area contributed by atoms with Crippen LogP contribution in [0, 0.1) is 11.6 Å². The highest BCUT2D eigenvalue weighted by Gasteiger charge is 2.28. The van der Waals surface area contributed by atoms with E-state index in [9.17, 15) is 8.78 Å². The number of halogens is 2. The zero-order chi connectivity index (χ0) is 13.2. The molecule has 2 nitrogen and oxygen atoms in total. The molecule has 1 aromatic carbocycles. The van der Waals surface area contributed by atoms with Crippen molar-refractivity contribution in [3.05, 3.63) is 35.4 Å². The Bertz CT molecular complexity index is 424. The fourth-order valence-electron chi connectivity index (χ4n) is 2.18. The van der Waals surface area contributed by atoms with Crippen LogP contribution in [0.15, 0.2) is 18.2 Å². The molecule has 2 atom stereocenters. The van der Waals surface area contributed by atoms with Gasteiger partial charge >= 0.3 is 0 Å². The van der Waals surface area contributed by atoms with E-state index in [-0.39, 0.29) is 11.6 Å². The molecule has 0 aromatic heterocycles. The molecule has 0 saturated carbocycles. The monoisotopic (exact) mass is 255 g/mol. The lowest BCUT2D eigenvalue weighted by Crippen LogP contribution is -2.42. The van der Waals surface area contributed by atoms with Crippen LogP contribution in [0.3, 0.4) is 0 Å². The van der Waals surface area contributed by atoms with E-state index in [1.807, 2.05) is 0 Å². The fourth-order valence-corrected chi connectivity index (χ4v) is 2.18. The van der Waals surface area contributed by atoms with E-state index in [0.29, 0.717) is 18.7 Å². The van der Waals surface area contributed by atoms with Crippen molar-refractivity contribution in [1.82, 2.24) is 5.32 Å². The Kier molecular flexibility index (Phi) is 3.97. The third-order valence-corrected chi connectivity index (χ3v) is 3.78. The maximum atomic E-state index is 13.7. The van der Waals surface area contributed by atoms with Crippen molar-refractivity contribution in [1.29, 1.82) is 0 Å². The number of rotatable bonds is 2. The normalized spacial score (nSPS) is 29.0. The molecule has 1 saturated heterocycles. The van der Waals surface area contributed by atoms with Gasteiger partial charge in [0, 0.05) is 30.3 Å². The van der Waals surface area contributed by atoms with E-state index in [0.717, 1.165) is 18.9 Å². The Labute approximate surface area is 106 Å². The lowest BCUT2D eigenvalue weighted by atomic mass is 9.95. The molecule has 0 aliphatic carbocycles. The number of benzene rings is 1. The summed E-state index contributed by atoms with van der Waals surface area (Å²) < 4.78 is 32.3. The first-order chi connectivity index (χ1) is 8.54. The van der Waals surface area contributed by atoms with Gasteiger partial charge in [-0.25, -0.2) is 8.78 Å². The summed E-state index contributed by atoms with van der Waals surface area (Å²) in [6.45, 7) is 5.39. The van der Waals surface area contributed by atoms with E-state index in [1.54, 1.807) is 0 Å². The van der Waals surface area contributed by atoms with Crippen molar-refractivity contribution in [2.75, 3.05) is 13.2 Å². The van der Waals surface area contributed by atoms with Crippen LogP contribution in [0.4, 0.5) is 8.78 Å². The summed E-state index contributed by atoms with van der Waals surface area (Å²) in [7, 11) is 0. The average Bonchev–Trinajstić information content (AvgIpc) is 2.53. The first-order valence-corrected chi connectivity index (χ1v) is 6.36. The minimum Gasteiger partial charge on any atom is -0.372 e. The quantitative estimate of drug-likeness (QED) is 0.876. The van der Waals surface area contributed by atoms with Crippen LogP contribution in [0.2, 0.25) is 0 Å². The fraction of sp³-hybridized carbons (Fsp3) is 0.571. The van der Waals surface area contributed by atoms with Crippen LogP contribution < -0.4 is 5.32 Å². The Balaban J connectivity index is 2.15. The molecule has 1 aromatic rings. The summed E-state index contributed by atoms with van der Waals surface area (Å²) in [5.41, 5.74) is 0.454. The standard InChI is InChI=1S/C14H19F2NO/c1-3-14(2)6-7-18-13(9-17-14)11-5-4-10(15)8-12(11)16/h4-5,8,13,17H,3,6-7,9H2,1-2H3. The van der Waals surface area contributed by atoms with Crippen LogP contribution in [-0.4, -0.2) is 18.7 Å². The first-order valence-electron chi connectivity index (χ1n) is 6.36. The van der Waals surface area contributed by atoms with Gasteiger partial charge in [0.2, 0.25) is 0 Å². The van der Waals surface area contributed by atoms with Crippen molar-refractivity contribution in [2.45, 2.75) is 38.3 Å². The summed E-state index contributed by atoms with van der Waals surface area (Å²) in [5, 5.41) is 3.41. The Morgan fingerprint density at radius 1 is 1.44 bits per heavy atom. The zero-order valence-corrected chi connectivity index (χ0v) is 10.8. The third kappa shape index (κ3) is 2.87. The molecular weight excluding hydrogens is 236 g/mol. The minimum atomic E-state index is -0.559. The van der Waals surface area contributed by atoms with Crippen LogP contribution in [0.1, 0.15) is 38.4 Å². The highest BCUT2D eigenvalue weighted by atomic mass is 19.1. The summed E-state index contributed by atoms with van der Waals surface area (Å²) >= 11 is 0. The van der Waals surface area contributed by atoms with Gasteiger partial charge in [-0.1, -0.05) is 13.0 Å². The Hall–Kier alpha value is -1.00. The maximum absolute atomic E-state index is 13.7.